The van der Waals surface area contributed by atoms with Gasteiger partial charge in [0.1, 0.15) is 12.4 Å². The number of hydrogen-bond donors (Lipinski definition) is 1. The third-order valence-electron chi connectivity index (χ3n) is 2.79. The second-order valence-corrected chi connectivity index (χ2v) is 5.06. The second-order valence-electron chi connectivity index (χ2n) is 4.21. The van der Waals surface area contributed by atoms with Gasteiger partial charge in [0.2, 0.25) is 0 Å². The van der Waals surface area contributed by atoms with Crippen LogP contribution >= 0.6 is 15.9 Å². The Kier molecular flexibility index (Phi) is 4.80. The Morgan fingerprint density at radius 3 is 2.62 bits per heavy atom. The second kappa shape index (κ2) is 6.58. The van der Waals surface area contributed by atoms with Crippen molar-refractivity contribution in [2.45, 2.75) is 6.61 Å². The predicted molar refractivity (Wildman–Crippen MR) is 78.4 cm³/mol. The lowest BCUT2D eigenvalue weighted by Crippen LogP contribution is -2.01. The third kappa shape index (κ3) is 3.72. The van der Waals surface area contributed by atoms with Crippen molar-refractivity contribution in [2.24, 2.45) is 0 Å². The van der Waals surface area contributed by atoms with Crippen molar-refractivity contribution in [1.29, 1.82) is 0 Å². The highest BCUT2D eigenvalue weighted by molar-refractivity contribution is 9.10. The van der Waals surface area contributed by atoms with Gasteiger partial charge >= 0.3 is 5.97 Å². The van der Waals surface area contributed by atoms with E-state index < -0.39 is 5.97 Å². The minimum atomic E-state index is -1.04. The van der Waals surface area contributed by atoms with Gasteiger partial charge in [-0.05, 0) is 51.8 Å². The summed E-state index contributed by atoms with van der Waals surface area (Å²) in [5.41, 5.74) is 0.886. The number of halogens is 2. The molecule has 110 valence electrons. The lowest BCUT2D eigenvalue weighted by Gasteiger charge is -2.11. The van der Waals surface area contributed by atoms with Crippen LogP contribution in [-0.2, 0) is 6.61 Å². The van der Waals surface area contributed by atoms with Gasteiger partial charge in [-0.15, -0.1) is 0 Å². The molecule has 0 radical (unpaired) electrons. The van der Waals surface area contributed by atoms with Crippen molar-refractivity contribution in [3.05, 3.63) is 57.8 Å². The molecule has 0 heterocycles. The number of aromatic carboxylic acids is 1. The van der Waals surface area contributed by atoms with Crippen molar-refractivity contribution in [3.8, 4) is 11.5 Å². The largest absolute Gasteiger partial charge is 0.493 e. The fraction of sp³-hybridized carbons (Fsp3) is 0.133. The summed E-state index contributed by atoms with van der Waals surface area (Å²) in [6.45, 7) is 0.210. The summed E-state index contributed by atoms with van der Waals surface area (Å²) < 4.78 is 24.2. The van der Waals surface area contributed by atoms with Crippen molar-refractivity contribution < 1.29 is 23.8 Å². The number of benzene rings is 2. The fourth-order valence-corrected chi connectivity index (χ4v) is 2.14. The van der Waals surface area contributed by atoms with Crippen molar-refractivity contribution >= 4 is 21.9 Å². The van der Waals surface area contributed by atoms with Crippen LogP contribution in [0.25, 0.3) is 0 Å². The summed E-state index contributed by atoms with van der Waals surface area (Å²) in [4.78, 5) is 10.9. The summed E-state index contributed by atoms with van der Waals surface area (Å²) >= 11 is 3.11. The van der Waals surface area contributed by atoms with Crippen LogP contribution in [0.15, 0.2) is 40.9 Å². The number of carboxylic acids is 1. The molecule has 0 unspecified atom stereocenters. The molecular formula is C15H12BrFO4. The first kappa shape index (κ1) is 15.3. The third-order valence-corrected chi connectivity index (χ3v) is 3.40. The van der Waals surface area contributed by atoms with Gasteiger partial charge in [-0.3, -0.25) is 0 Å². The molecule has 0 aliphatic heterocycles. The quantitative estimate of drug-likeness (QED) is 0.885. The maximum absolute atomic E-state index is 13.1. The Morgan fingerprint density at radius 1 is 1.24 bits per heavy atom. The van der Waals surface area contributed by atoms with Gasteiger partial charge in [0, 0.05) is 0 Å². The predicted octanol–water partition coefficient (Wildman–Crippen LogP) is 3.87. The zero-order valence-corrected chi connectivity index (χ0v) is 12.7. The van der Waals surface area contributed by atoms with Gasteiger partial charge in [0.05, 0.1) is 17.1 Å². The Bertz CT molecular complexity index is 673. The number of carboxylic acid groups (broad SMARTS) is 1. The maximum Gasteiger partial charge on any atom is 0.335 e. The van der Waals surface area contributed by atoms with E-state index in [-0.39, 0.29) is 18.0 Å². The minimum absolute atomic E-state index is 0.115. The molecule has 0 aliphatic carbocycles. The van der Waals surface area contributed by atoms with Crippen molar-refractivity contribution in [1.82, 2.24) is 0 Å². The topological polar surface area (TPSA) is 55.8 Å². The lowest BCUT2D eigenvalue weighted by molar-refractivity contribution is 0.0696. The van der Waals surface area contributed by atoms with Crippen molar-refractivity contribution in [2.75, 3.05) is 7.11 Å². The molecule has 0 saturated heterocycles. The average Bonchev–Trinajstić information content (AvgIpc) is 2.48. The van der Waals surface area contributed by atoms with Gasteiger partial charge in [0.15, 0.2) is 11.5 Å². The molecule has 0 aromatic heterocycles. The molecule has 0 saturated carbocycles. The van der Waals surface area contributed by atoms with Gasteiger partial charge in [-0.25, -0.2) is 9.18 Å². The van der Waals surface area contributed by atoms with Crippen LogP contribution < -0.4 is 9.47 Å². The molecule has 4 nitrogen and oxygen atoms in total. The van der Waals surface area contributed by atoms with Gasteiger partial charge in [-0.1, -0.05) is 6.07 Å². The van der Waals surface area contributed by atoms with Crippen LogP contribution in [0.5, 0.6) is 11.5 Å². The Hall–Kier alpha value is -2.08. The number of ether oxygens (including phenoxy) is 2. The van der Waals surface area contributed by atoms with Gasteiger partial charge in [0.25, 0.3) is 0 Å². The van der Waals surface area contributed by atoms with Crippen molar-refractivity contribution in [3.63, 3.8) is 0 Å². The zero-order valence-electron chi connectivity index (χ0n) is 11.1. The molecule has 2 rings (SSSR count). The Labute approximate surface area is 129 Å². The monoisotopic (exact) mass is 354 g/mol. The standard InChI is InChI=1S/C15H12BrFO4/c1-20-14-7-10(15(18)19)3-5-13(14)21-8-9-2-4-12(17)11(16)6-9/h2-7H,8H2,1H3,(H,18,19). The lowest BCUT2D eigenvalue weighted by atomic mass is 10.2. The maximum atomic E-state index is 13.1. The summed E-state index contributed by atoms with van der Waals surface area (Å²) in [7, 11) is 1.43. The average molecular weight is 355 g/mol. The van der Waals surface area contributed by atoms with E-state index >= 15 is 0 Å². The van der Waals surface area contributed by atoms with Gasteiger partial charge < -0.3 is 14.6 Å². The number of carbonyl (C=O) groups is 1. The molecule has 0 amide bonds. The first-order valence-electron chi connectivity index (χ1n) is 5.99. The van der Waals surface area contributed by atoms with E-state index in [4.69, 9.17) is 14.6 Å². The highest BCUT2D eigenvalue weighted by Crippen LogP contribution is 2.29. The smallest absolute Gasteiger partial charge is 0.335 e. The van der Waals surface area contributed by atoms with Crippen LogP contribution in [-0.4, -0.2) is 18.2 Å². The summed E-state index contributed by atoms with van der Waals surface area (Å²) in [6.07, 6.45) is 0. The Balaban J connectivity index is 2.15. The van der Waals surface area contributed by atoms with Crippen LogP contribution in [0.1, 0.15) is 15.9 Å². The van der Waals surface area contributed by atoms with Crippen LogP contribution in [0.2, 0.25) is 0 Å². The van der Waals surface area contributed by atoms with E-state index in [0.717, 1.165) is 5.56 Å². The molecule has 2 aromatic carbocycles. The summed E-state index contributed by atoms with van der Waals surface area (Å²) in [5, 5.41) is 8.92. The minimum Gasteiger partial charge on any atom is -0.493 e. The van der Waals surface area contributed by atoms with E-state index in [1.807, 2.05) is 0 Å². The molecule has 6 heteroatoms. The molecular weight excluding hydrogens is 343 g/mol. The van der Waals surface area contributed by atoms with E-state index in [1.54, 1.807) is 12.1 Å². The number of hydrogen-bond acceptors (Lipinski definition) is 3. The fourth-order valence-electron chi connectivity index (χ4n) is 1.71. The first-order chi connectivity index (χ1) is 10.0. The van der Waals surface area contributed by atoms with Crippen LogP contribution in [0, 0.1) is 5.82 Å². The van der Waals surface area contributed by atoms with E-state index in [2.05, 4.69) is 15.9 Å². The molecule has 2 aromatic rings. The molecule has 0 bridgehead atoms. The van der Waals surface area contributed by atoms with Gasteiger partial charge in [-0.2, -0.15) is 0 Å². The van der Waals surface area contributed by atoms with E-state index in [0.29, 0.717) is 16.0 Å². The van der Waals surface area contributed by atoms with Crippen LogP contribution in [0.4, 0.5) is 4.39 Å². The molecule has 1 N–H and O–H groups in total. The normalized spacial score (nSPS) is 10.2. The summed E-state index contributed by atoms with van der Waals surface area (Å²) in [5.74, 6) is -0.636. The zero-order chi connectivity index (χ0) is 15.4. The highest BCUT2D eigenvalue weighted by Gasteiger charge is 2.10. The number of methoxy groups -OCH3 is 1. The van der Waals surface area contributed by atoms with E-state index in [9.17, 15) is 9.18 Å². The number of rotatable bonds is 5. The molecule has 21 heavy (non-hydrogen) atoms. The Morgan fingerprint density at radius 2 is 2.00 bits per heavy atom. The SMILES string of the molecule is COc1cc(C(=O)O)ccc1OCc1ccc(F)c(Br)c1. The first-order valence-corrected chi connectivity index (χ1v) is 6.78. The molecule has 0 fully saturated rings. The van der Waals surface area contributed by atoms with E-state index in [1.165, 1.54) is 31.4 Å². The molecule has 0 spiro atoms. The summed E-state index contributed by atoms with van der Waals surface area (Å²) in [6, 6.07) is 8.92. The van der Waals surface area contributed by atoms with Crippen LogP contribution in [0.3, 0.4) is 0 Å². The molecule has 0 aliphatic rings. The highest BCUT2D eigenvalue weighted by atomic mass is 79.9. The molecule has 0 atom stereocenters.